The highest BCUT2D eigenvalue weighted by Gasteiger charge is 2.17. The van der Waals surface area contributed by atoms with E-state index in [9.17, 15) is 0 Å². The maximum atomic E-state index is 2.39. The second-order valence-corrected chi connectivity index (χ2v) is 6.40. The minimum Gasteiger partial charge on any atom is -0.0885 e. The van der Waals surface area contributed by atoms with Crippen LogP contribution in [0, 0.1) is 17.3 Å². The highest BCUT2D eigenvalue weighted by molar-refractivity contribution is 4.84. The average molecular weight is 210 g/mol. The second-order valence-electron chi connectivity index (χ2n) is 6.40. The summed E-state index contributed by atoms with van der Waals surface area (Å²) >= 11 is 0. The van der Waals surface area contributed by atoms with Gasteiger partial charge in [0, 0.05) is 0 Å². The van der Waals surface area contributed by atoms with Crippen molar-refractivity contribution in [3.63, 3.8) is 0 Å². The predicted octanol–water partition coefficient (Wildman–Crippen LogP) is 5.44. The third-order valence-electron chi connectivity index (χ3n) is 2.72. The molecule has 0 bridgehead atoms. The largest absolute Gasteiger partial charge is 0.0885 e. The molecule has 0 aromatic rings. The Labute approximate surface area is 97.2 Å². The molecule has 0 saturated carbocycles. The molecule has 0 unspecified atom stereocenters. The standard InChI is InChI=1S/C15H30/c1-13(2)10-8-7-9-11-15(5,6)12-14(3)4/h7-8,13-14H,9-12H2,1-6H3/b8-7+. The van der Waals surface area contributed by atoms with Gasteiger partial charge in [-0.3, -0.25) is 0 Å². The Kier molecular flexibility index (Phi) is 6.96. The molecule has 0 radical (unpaired) electrons. The molecule has 0 fully saturated rings. The Morgan fingerprint density at radius 1 is 0.933 bits per heavy atom. The number of hydrogen-bond donors (Lipinski definition) is 0. The lowest BCUT2D eigenvalue weighted by Gasteiger charge is -2.26. The molecule has 0 aromatic heterocycles. The number of allylic oxidation sites excluding steroid dienone is 2. The van der Waals surface area contributed by atoms with Gasteiger partial charge in [0.25, 0.3) is 0 Å². The molecule has 0 aliphatic carbocycles. The first-order valence-electron chi connectivity index (χ1n) is 6.48. The van der Waals surface area contributed by atoms with E-state index in [0.717, 1.165) is 11.8 Å². The molecule has 0 aliphatic rings. The first kappa shape index (κ1) is 14.7. The fourth-order valence-electron chi connectivity index (χ4n) is 2.17. The molecule has 0 heteroatoms. The number of hydrogen-bond acceptors (Lipinski definition) is 0. The fraction of sp³-hybridized carbons (Fsp3) is 0.867. The summed E-state index contributed by atoms with van der Waals surface area (Å²) in [6.07, 6.45) is 9.83. The van der Waals surface area contributed by atoms with Gasteiger partial charge in [-0.1, -0.05) is 53.7 Å². The van der Waals surface area contributed by atoms with E-state index in [2.05, 4.69) is 53.7 Å². The van der Waals surface area contributed by atoms with Gasteiger partial charge in [0.15, 0.2) is 0 Å². The van der Waals surface area contributed by atoms with Crippen LogP contribution in [0.4, 0.5) is 0 Å². The van der Waals surface area contributed by atoms with E-state index >= 15 is 0 Å². The average Bonchev–Trinajstić information content (AvgIpc) is 1.99. The Hall–Kier alpha value is -0.260. The SMILES string of the molecule is CC(C)C/C=C/CCC(C)(C)CC(C)C. The van der Waals surface area contributed by atoms with Crippen molar-refractivity contribution >= 4 is 0 Å². The topological polar surface area (TPSA) is 0 Å². The molecule has 0 rings (SSSR count). The maximum Gasteiger partial charge on any atom is -0.0327 e. The summed E-state index contributed by atoms with van der Waals surface area (Å²) in [6.45, 7) is 14.0. The third kappa shape index (κ3) is 10.0. The van der Waals surface area contributed by atoms with Crippen molar-refractivity contribution in [3.05, 3.63) is 12.2 Å². The lowest BCUT2D eigenvalue weighted by Crippen LogP contribution is -2.13. The number of rotatable bonds is 7. The first-order chi connectivity index (χ1) is 6.83. The van der Waals surface area contributed by atoms with Crippen LogP contribution in [0.25, 0.3) is 0 Å². The van der Waals surface area contributed by atoms with Crippen LogP contribution in [-0.2, 0) is 0 Å². The minimum absolute atomic E-state index is 0.510. The second kappa shape index (κ2) is 7.09. The first-order valence-corrected chi connectivity index (χ1v) is 6.48. The van der Waals surface area contributed by atoms with Crippen molar-refractivity contribution in [1.82, 2.24) is 0 Å². The van der Waals surface area contributed by atoms with Gasteiger partial charge in [-0.25, -0.2) is 0 Å². The predicted molar refractivity (Wildman–Crippen MR) is 71.1 cm³/mol. The van der Waals surface area contributed by atoms with E-state index in [-0.39, 0.29) is 0 Å². The molecule has 15 heavy (non-hydrogen) atoms. The zero-order chi connectivity index (χ0) is 11.9. The Balaban J connectivity index is 3.69. The molecule has 0 atom stereocenters. The van der Waals surface area contributed by atoms with Crippen LogP contribution in [0.1, 0.15) is 67.2 Å². The zero-order valence-corrected chi connectivity index (χ0v) is 11.6. The lowest BCUT2D eigenvalue weighted by molar-refractivity contribution is 0.268. The van der Waals surface area contributed by atoms with Gasteiger partial charge in [0.05, 0.1) is 0 Å². The summed E-state index contributed by atoms with van der Waals surface area (Å²) in [4.78, 5) is 0. The summed E-state index contributed by atoms with van der Waals surface area (Å²) in [7, 11) is 0. The Bertz CT molecular complexity index is 172. The molecule has 90 valence electrons. The minimum atomic E-state index is 0.510. The van der Waals surface area contributed by atoms with Crippen molar-refractivity contribution in [2.75, 3.05) is 0 Å². The van der Waals surface area contributed by atoms with E-state index < -0.39 is 0 Å². The molecule has 0 heterocycles. The Morgan fingerprint density at radius 3 is 2.00 bits per heavy atom. The lowest BCUT2D eigenvalue weighted by atomic mass is 9.80. The van der Waals surface area contributed by atoms with Crippen LogP contribution < -0.4 is 0 Å². The fourth-order valence-corrected chi connectivity index (χ4v) is 2.17. The molecular weight excluding hydrogens is 180 g/mol. The summed E-state index contributed by atoms with van der Waals surface area (Å²) < 4.78 is 0. The summed E-state index contributed by atoms with van der Waals surface area (Å²) in [5.41, 5.74) is 0.510. The van der Waals surface area contributed by atoms with Gasteiger partial charge in [0.1, 0.15) is 0 Å². The van der Waals surface area contributed by atoms with E-state index in [0.29, 0.717) is 5.41 Å². The molecule has 0 aromatic carbocycles. The zero-order valence-electron chi connectivity index (χ0n) is 11.6. The summed E-state index contributed by atoms with van der Waals surface area (Å²) in [5, 5.41) is 0. The summed E-state index contributed by atoms with van der Waals surface area (Å²) in [6, 6.07) is 0. The maximum absolute atomic E-state index is 2.39. The molecule has 0 aliphatic heterocycles. The van der Waals surface area contributed by atoms with Crippen molar-refractivity contribution in [1.29, 1.82) is 0 Å². The Morgan fingerprint density at radius 2 is 1.53 bits per heavy atom. The molecule has 0 saturated heterocycles. The van der Waals surface area contributed by atoms with E-state index in [4.69, 9.17) is 0 Å². The van der Waals surface area contributed by atoms with Crippen molar-refractivity contribution in [2.24, 2.45) is 17.3 Å². The van der Waals surface area contributed by atoms with Gasteiger partial charge in [-0.15, -0.1) is 0 Å². The van der Waals surface area contributed by atoms with E-state index in [1.165, 1.54) is 25.7 Å². The smallest absolute Gasteiger partial charge is 0.0327 e. The summed E-state index contributed by atoms with van der Waals surface area (Å²) in [5.74, 6) is 1.62. The van der Waals surface area contributed by atoms with Gasteiger partial charge in [0.2, 0.25) is 0 Å². The van der Waals surface area contributed by atoms with E-state index in [1.54, 1.807) is 0 Å². The van der Waals surface area contributed by atoms with Crippen LogP contribution in [0.5, 0.6) is 0 Å². The van der Waals surface area contributed by atoms with Crippen LogP contribution >= 0.6 is 0 Å². The van der Waals surface area contributed by atoms with Crippen LogP contribution in [0.3, 0.4) is 0 Å². The van der Waals surface area contributed by atoms with Gasteiger partial charge >= 0.3 is 0 Å². The molecular formula is C15H30. The van der Waals surface area contributed by atoms with Crippen molar-refractivity contribution in [2.45, 2.75) is 67.2 Å². The molecule has 0 N–H and O–H groups in total. The van der Waals surface area contributed by atoms with Crippen LogP contribution in [0.15, 0.2) is 12.2 Å². The third-order valence-corrected chi connectivity index (χ3v) is 2.72. The van der Waals surface area contributed by atoms with Gasteiger partial charge in [-0.05, 0) is 42.9 Å². The van der Waals surface area contributed by atoms with Gasteiger partial charge < -0.3 is 0 Å². The molecule has 0 amide bonds. The van der Waals surface area contributed by atoms with Gasteiger partial charge in [-0.2, -0.15) is 0 Å². The highest BCUT2D eigenvalue weighted by atomic mass is 14.2. The molecule has 0 nitrogen and oxygen atoms in total. The highest BCUT2D eigenvalue weighted by Crippen LogP contribution is 2.30. The molecule has 0 spiro atoms. The monoisotopic (exact) mass is 210 g/mol. The quantitative estimate of drug-likeness (QED) is 0.491. The normalized spacial score (nSPS) is 13.3. The van der Waals surface area contributed by atoms with Crippen LogP contribution in [-0.4, -0.2) is 0 Å². The van der Waals surface area contributed by atoms with Crippen molar-refractivity contribution in [3.8, 4) is 0 Å². The van der Waals surface area contributed by atoms with Crippen molar-refractivity contribution < 1.29 is 0 Å². The van der Waals surface area contributed by atoms with Crippen LogP contribution in [0.2, 0.25) is 0 Å². The van der Waals surface area contributed by atoms with E-state index in [1.807, 2.05) is 0 Å².